The molecule has 0 amide bonds. The molecule has 0 aromatic heterocycles. The van der Waals surface area contributed by atoms with Crippen LogP contribution < -0.4 is 0 Å². The van der Waals surface area contributed by atoms with Gasteiger partial charge in [0.25, 0.3) is 0 Å². The molecule has 2 aromatic carbocycles. The molecular weight excluding hydrogens is 263 g/mol. The van der Waals surface area contributed by atoms with Gasteiger partial charge in [0.2, 0.25) is 0 Å². The first kappa shape index (κ1) is 14.6. The molecule has 0 fully saturated rings. The van der Waals surface area contributed by atoms with Crippen LogP contribution in [0.15, 0.2) is 54.6 Å². The van der Waals surface area contributed by atoms with E-state index in [0.717, 1.165) is 11.6 Å². The van der Waals surface area contributed by atoms with E-state index in [-0.39, 0.29) is 0 Å². The number of nitrogens with zero attached hydrogens (tertiary/aromatic N) is 1. The van der Waals surface area contributed by atoms with Crippen molar-refractivity contribution in [3.8, 4) is 0 Å². The SMILES string of the molecule is CN(Cc1ccccc1)Cc1cccc(C(F)(F)F)c1. The van der Waals surface area contributed by atoms with Crippen LogP contribution in [0.4, 0.5) is 13.2 Å². The predicted octanol–water partition coefficient (Wildman–Crippen LogP) is 4.34. The van der Waals surface area contributed by atoms with Crippen LogP contribution >= 0.6 is 0 Å². The molecular formula is C16H16F3N. The summed E-state index contributed by atoms with van der Waals surface area (Å²) in [6.45, 7) is 1.19. The number of halogens is 3. The fourth-order valence-electron chi connectivity index (χ4n) is 2.11. The molecule has 20 heavy (non-hydrogen) atoms. The lowest BCUT2D eigenvalue weighted by Crippen LogP contribution is -2.17. The molecule has 0 spiro atoms. The van der Waals surface area contributed by atoms with E-state index in [1.54, 1.807) is 6.07 Å². The lowest BCUT2D eigenvalue weighted by Gasteiger charge is -2.17. The van der Waals surface area contributed by atoms with Crippen LogP contribution in [0.1, 0.15) is 16.7 Å². The van der Waals surface area contributed by atoms with Crippen LogP contribution in [0, 0.1) is 0 Å². The van der Waals surface area contributed by atoms with Gasteiger partial charge in [-0.3, -0.25) is 4.90 Å². The predicted molar refractivity (Wildman–Crippen MR) is 73.1 cm³/mol. The maximum atomic E-state index is 12.6. The molecule has 1 nitrogen and oxygen atoms in total. The Kier molecular flexibility index (Phi) is 4.45. The summed E-state index contributed by atoms with van der Waals surface area (Å²) in [4.78, 5) is 1.99. The Morgan fingerprint density at radius 1 is 0.850 bits per heavy atom. The van der Waals surface area contributed by atoms with Gasteiger partial charge in [0.1, 0.15) is 0 Å². The zero-order chi connectivity index (χ0) is 14.6. The van der Waals surface area contributed by atoms with E-state index < -0.39 is 11.7 Å². The van der Waals surface area contributed by atoms with Crippen molar-refractivity contribution in [3.63, 3.8) is 0 Å². The molecule has 0 aliphatic rings. The Morgan fingerprint density at radius 2 is 1.45 bits per heavy atom. The standard InChI is InChI=1S/C16H16F3N/c1-20(11-13-6-3-2-4-7-13)12-14-8-5-9-15(10-14)16(17,18)19/h2-10H,11-12H2,1H3. The Balaban J connectivity index is 2.03. The van der Waals surface area contributed by atoms with Crippen LogP contribution in [0.25, 0.3) is 0 Å². The third-order valence-corrected chi connectivity index (χ3v) is 3.00. The maximum absolute atomic E-state index is 12.6. The highest BCUT2D eigenvalue weighted by molar-refractivity contribution is 5.25. The van der Waals surface area contributed by atoms with Crippen LogP contribution in [0.3, 0.4) is 0 Å². The highest BCUT2D eigenvalue weighted by Gasteiger charge is 2.30. The summed E-state index contributed by atoms with van der Waals surface area (Å²) in [5.74, 6) is 0. The molecule has 0 unspecified atom stereocenters. The fourth-order valence-corrected chi connectivity index (χ4v) is 2.11. The Morgan fingerprint density at radius 3 is 2.10 bits per heavy atom. The first-order valence-corrected chi connectivity index (χ1v) is 6.34. The summed E-state index contributed by atoms with van der Waals surface area (Å²) in [5.41, 5.74) is 1.21. The molecule has 2 rings (SSSR count). The van der Waals surface area contributed by atoms with E-state index >= 15 is 0 Å². The monoisotopic (exact) mass is 279 g/mol. The van der Waals surface area contributed by atoms with Crippen LogP contribution in [0.2, 0.25) is 0 Å². The summed E-state index contributed by atoms with van der Waals surface area (Å²) >= 11 is 0. The number of alkyl halides is 3. The van der Waals surface area contributed by atoms with Gasteiger partial charge in [-0.15, -0.1) is 0 Å². The van der Waals surface area contributed by atoms with Gasteiger partial charge in [-0.25, -0.2) is 0 Å². The van der Waals surface area contributed by atoms with Gasteiger partial charge in [-0.1, -0.05) is 48.5 Å². The van der Waals surface area contributed by atoms with Crippen molar-refractivity contribution in [1.82, 2.24) is 4.90 Å². The van der Waals surface area contributed by atoms with Gasteiger partial charge in [-0.05, 0) is 24.2 Å². The minimum atomic E-state index is -4.28. The maximum Gasteiger partial charge on any atom is 0.416 e. The molecule has 0 aliphatic heterocycles. The van der Waals surface area contributed by atoms with Crippen molar-refractivity contribution >= 4 is 0 Å². The molecule has 106 valence electrons. The van der Waals surface area contributed by atoms with E-state index in [4.69, 9.17) is 0 Å². The molecule has 0 radical (unpaired) electrons. The molecule has 0 saturated heterocycles. The third kappa shape index (κ3) is 4.10. The second kappa shape index (κ2) is 6.09. The third-order valence-electron chi connectivity index (χ3n) is 3.00. The summed E-state index contributed by atoms with van der Waals surface area (Å²) in [6, 6.07) is 15.3. The molecule has 0 bridgehead atoms. The van der Waals surface area contributed by atoms with Crippen molar-refractivity contribution < 1.29 is 13.2 Å². The highest BCUT2D eigenvalue weighted by Crippen LogP contribution is 2.29. The van der Waals surface area contributed by atoms with E-state index in [9.17, 15) is 13.2 Å². The first-order chi connectivity index (χ1) is 9.45. The summed E-state index contributed by atoms with van der Waals surface area (Å²) in [7, 11) is 1.90. The van der Waals surface area contributed by atoms with Gasteiger partial charge in [0, 0.05) is 13.1 Å². The van der Waals surface area contributed by atoms with Crippen molar-refractivity contribution in [2.75, 3.05) is 7.05 Å². The van der Waals surface area contributed by atoms with Crippen LogP contribution in [-0.4, -0.2) is 11.9 Å². The first-order valence-electron chi connectivity index (χ1n) is 6.34. The van der Waals surface area contributed by atoms with Gasteiger partial charge >= 0.3 is 6.18 Å². The quantitative estimate of drug-likeness (QED) is 0.805. The smallest absolute Gasteiger partial charge is 0.298 e. The van der Waals surface area contributed by atoms with Crippen molar-refractivity contribution in [1.29, 1.82) is 0 Å². The normalized spacial score (nSPS) is 11.8. The topological polar surface area (TPSA) is 3.24 Å². The Bertz CT molecular complexity index is 549. The van der Waals surface area contributed by atoms with Crippen molar-refractivity contribution in [3.05, 3.63) is 71.3 Å². The average Bonchev–Trinajstić information content (AvgIpc) is 2.39. The van der Waals surface area contributed by atoms with Crippen LogP contribution in [-0.2, 0) is 19.3 Å². The minimum Gasteiger partial charge on any atom is -0.298 e. The summed E-state index contributed by atoms with van der Waals surface area (Å²) < 4.78 is 37.9. The minimum absolute atomic E-state index is 0.485. The lowest BCUT2D eigenvalue weighted by molar-refractivity contribution is -0.137. The van der Waals surface area contributed by atoms with Crippen molar-refractivity contribution in [2.45, 2.75) is 19.3 Å². The second-order valence-corrected chi connectivity index (χ2v) is 4.86. The lowest BCUT2D eigenvalue weighted by atomic mass is 10.1. The molecule has 0 saturated carbocycles. The highest BCUT2D eigenvalue weighted by atomic mass is 19.4. The number of hydrogen-bond acceptors (Lipinski definition) is 1. The zero-order valence-electron chi connectivity index (χ0n) is 11.2. The van der Waals surface area contributed by atoms with Gasteiger partial charge < -0.3 is 0 Å². The average molecular weight is 279 g/mol. The van der Waals surface area contributed by atoms with Gasteiger partial charge in [0.15, 0.2) is 0 Å². The molecule has 0 heterocycles. The molecule has 0 atom stereocenters. The molecule has 0 N–H and O–H groups in total. The molecule has 0 aliphatic carbocycles. The molecule has 4 heteroatoms. The van der Waals surface area contributed by atoms with Crippen molar-refractivity contribution in [2.24, 2.45) is 0 Å². The van der Waals surface area contributed by atoms with Gasteiger partial charge in [-0.2, -0.15) is 13.2 Å². The fraction of sp³-hybridized carbons (Fsp3) is 0.250. The van der Waals surface area contributed by atoms with E-state index in [1.165, 1.54) is 12.1 Å². The summed E-state index contributed by atoms with van der Waals surface area (Å²) in [6.07, 6.45) is -4.28. The van der Waals surface area contributed by atoms with Gasteiger partial charge in [0.05, 0.1) is 5.56 Å². The van der Waals surface area contributed by atoms with E-state index in [1.807, 2.05) is 42.3 Å². The van der Waals surface area contributed by atoms with E-state index in [0.29, 0.717) is 18.7 Å². The Hall–Kier alpha value is -1.81. The van der Waals surface area contributed by atoms with E-state index in [2.05, 4.69) is 0 Å². The number of hydrogen-bond donors (Lipinski definition) is 0. The summed E-state index contributed by atoms with van der Waals surface area (Å²) in [5, 5.41) is 0. The molecule has 2 aromatic rings. The largest absolute Gasteiger partial charge is 0.416 e. The zero-order valence-corrected chi connectivity index (χ0v) is 11.2. The second-order valence-electron chi connectivity index (χ2n) is 4.86. The number of benzene rings is 2. The van der Waals surface area contributed by atoms with Crippen LogP contribution in [0.5, 0.6) is 0 Å². The number of rotatable bonds is 4. The Labute approximate surface area is 116 Å².